The second-order valence-electron chi connectivity index (χ2n) is 15.3. The molecule has 0 bridgehead atoms. The number of rotatable bonds is 14. The van der Waals surface area contributed by atoms with Crippen LogP contribution in [-0.2, 0) is 31.4 Å². The van der Waals surface area contributed by atoms with E-state index < -0.39 is 27.9 Å². The fourth-order valence-electron chi connectivity index (χ4n) is 7.41. The fraction of sp³-hybridized carbons (Fsp3) is 0.590. The van der Waals surface area contributed by atoms with Gasteiger partial charge in [0.25, 0.3) is 11.8 Å². The third kappa shape index (κ3) is 10.8. The van der Waals surface area contributed by atoms with Crippen molar-refractivity contribution in [2.75, 3.05) is 37.5 Å². The molecule has 12 heteroatoms. The lowest BCUT2D eigenvalue weighted by Gasteiger charge is -2.39. The van der Waals surface area contributed by atoms with Gasteiger partial charge in [0, 0.05) is 37.1 Å². The number of nitrogens with one attached hydrogen (secondary N) is 2. The zero-order chi connectivity index (χ0) is 36.6. The predicted molar refractivity (Wildman–Crippen MR) is 205 cm³/mol. The molecule has 2 fully saturated rings. The first-order valence-corrected chi connectivity index (χ1v) is 20.9. The number of nitrogens with zero attached hydrogens (tertiary/aromatic N) is 3. The summed E-state index contributed by atoms with van der Waals surface area (Å²) < 4.78 is 32.0. The van der Waals surface area contributed by atoms with Gasteiger partial charge in [-0.2, -0.15) is 0 Å². The van der Waals surface area contributed by atoms with Gasteiger partial charge in [0.1, 0.15) is 6.04 Å². The van der Waals surface area contributed by atoms with E-state index in [2.05, 4.69) is 52.6 Å². The summed E-state index contributed by atoms with van der Waals surface area (Å²) in [7, 11) is -2.57. The van der Waals surface area contributed by atoms with Crippen molar-refractivity contribution in [2.24, 2.45) is 17.8 Å². The number of carbonyl (C=O) groups is 2. The number of piperidine rings is 1. The summed E-state index contributed by atoms with van der Waals surface area (Å²) in [4.78, 5) is 39.8. The Bertz CT molecular complexity index is 1690. The van der Waals surface area contributed by atoms with Gasteiger partial charge < -0.3 is 15.0 Å². The summed E-state index contributed by atoms with van der Waals surface area (Å²) in [5, 5.41) is 2.77. The minimum Gasteiger partial charge on any atom is -0.384 e. The molecule has 2 aromatic heterocycles. The van der Waals surface area contributed by atoms with Crippen molar-refractivity contribution in [3.05, 3.63) is 64.1 Å². The summed E-state index contributed by atoms with van der Waals surface area (Å²) in [6.45, 7) is 10.5. The number of methoxy groups -OCH3 is 1. The molecule has 0 spiro atoms. The van der Waals surface area contributed by atoms with Crippen LogP contribution in [0.2, 0.25) is 0 Å². The number of thiophene rings is 1. The lowest BCUT2D eigenvalue weighted by Crippen LogP contribution is -2.50. The molecule has 1 aliphatic carbocycles. The van der Waals surface area contributed by atoms with Gasteiger partial charge >= 0.3 is 0 Å². The molecule has 3 aromatic rings. The molecule has 3 heterocycles. The Hall–Kier alpha value is -3.35. The molecular weight excluding hydrogens is 683 g/mol. The molecule has 5 rings (SSSR count). The van der Waals surface area contributed by atoms with Crippen molar-refractivity contribution in [2.45, 2.75) is 96.9 Å². The molecule has 1 aliphatic heterocycles. The number of benzene rings is 1. The maximum absolute atomic E-state index is 13.3. The molecule has 1 atom stereocenters. The van der Waals surface area contributed by atoms with Gasteiger partial charge in [0.15, 0.2) is 5.82 Å². The molecule has 51 heavy (non-hydrogen) atoms. The van der Waals surface area contributed by atoms with Gasteiger partial charge in [-0.05, 0) is 66.5 Å². The number of anilines is 1. The van der Waals surface area contributed by atoms with Gasteiger partial charge in [-0.3, -0.25) is 14.3 Å². The average Bonchev–Trinajstić information content (AvgIpc) is 3.63. The molecule has 10 nitrogen and oxygen atoms in total. The number of sulfonamides is 1. The van der Waals surface area contributed by atoms with Crippen LogP contribution < -0.4 is 14.9 Å². The van der Waals surface area contributed by atoms with Crippen LogP contribution in [-0.4, -0.2) is 68.8 Å². The Morgan fingerprint density at radius 2 is 1.61 bits per heavy atom. The number of aromatic nitrogens is 2. The lowest BCUT2D eigenvalue weighted by molar-refractivity contribution is -0.121. The number of hydrogen-bond acceptors (Lipinski definition) is 9. The quantitative estimate of drug-likeness (QED) is 0.186. The SMILES string of the molecule is CCCC1CCC(C2CCN(c3cnc(-c4ccc(CC(NC(=O)c5ccc(C(C)(C)C)s5)C(=O)NS(=O)(=O)CCOC)cc4)nc3)CC2)CC1. The Morgan fingerprint density at radius 1 is 0.961 bits per heavy atom. The molecule has 2 amide bonds. The van der Waals surface area contributed by atoms with E-state index in [9.17, 15) is 18.0 Å². The summed E-state index contributed by atoms with van der Waals surface area (Å²) in [5.41, 5.74) is 2.48. The van der Waals surface area contributed by atoms with Crippen molar-refractivity contribution in [1.82, 2.24) is 20.0 Å². The van der Waals surface area contributed by atoms with Crippen molar-refractivity contribution in [1.29, 1.82) is 0 Å². The smallest absolute Gasteiger partial charge is 0.262 e. The number of ether oxygens (including phenoxy) is 1. The van der Waals surface area contributed by atoms with Gasteiger partial charge in [0.05, 0.1) is 35.3 Å². The lowest BCUT2D eigenvalue weighted by atomic mass is 9.72. The maximum Gasteiger partial charge on any atom is 0.262 e. The number of hydrogen-bond donors (Lipinski definition) is 2. The van der Waals surface area contributed by atoms with Crippen LogP contribution in [0.3, 0.4) is 0 Å². The summed E-state index contributed by atoms with van der Waals surface area (Å²) >= 11 is 1.35. The fourth-order valence-corrected chi connectivity index (χ4v) is 9.32. The Labute approximate surface area is 308 Å². The average molecular weight is 738 g/mol. The standard InChI is InChI=1S/C39H55N5O5S2/c1-6-7-27-8-12-29(13-9-27)30-18-20-44(21-19-30)32-25-40-36(41-26-32)31-14-10-28(11-15-31)24-33(37(45)43-51(47,48)23-22-49-5)42-38(46)34-16-17-35(50-34)39(2,3)4/h10-11,14-17,25-27,29-30,33H,6-9,12-13,18-24H2,1-5H3,(H,42,46)(H,43,45). The van der Waals surface area contributed by atoms with Crippen LogP contribution in [0.25, 0.3) is 11.4 Å². The van der Waals surface area contributed by atoms with Gasteiger partial charge in [-0.15, -0.1) is 11.3 Å². The van der Waals surface area contributed by atoms with Crippen LogP contribution >= 0.6 is 11.3 Å². The maximum atomic E-state index is 13.3. The minimum absolute atomic E-state index is 0.0621. The van der Waals surface area contributed by atoms with E-state index in [-0.39, 0.29) is 24.2 Å². The second kappa shape index (κ2) is 17.4. The molecular formula is C39H55N5O5S2. The van der Waals surface area contributed by atoms with Crippen LogP contribution in [0.5, 0.6) is 0 Å². The van der Waals surface area contributed by atoms with E-state index >= 15 is 0 Å². The molecule has 0 radical (unpaired) electrons. The van der Waals surface area contributed by atoms with Crippen molar-refractivity contribution < 1.29 is 22.7 Å². The van der Waals surface area contributed by atoms with E-state index in [1.807, 2.05) is 42.7 Å². The zero-order valence-corrected chi connectivity index (χ0v) is 32.5. The van der Waals surface area contributed by atoms with Crippen LogP contribution in [0.1, 0.15) is 99.2 Å². The summed E-state index contributed by atoms with van der Waals surface area (Å²) in [5.74, 6) is 1.65. The van der Waals surface area contributed by atoms with E-state index in [0.29, 0.717) is 10.7 Å². The largest absolute Gasteiger partial charge is 0.384 e. The van der Waals surface area contributed by atoms with Gasteiger partial charge in [-0.25, -0.2) is 18.4 Å². The number of carbonyl (C=O) groups excluding carboxylic acids is 2. The molecule has 2 aliphatic rings. The highest BCUT2D eigenvalue weighted by molar-refractivity contribution is 7.90. The van der Waals surface area contributed by atoms with E-state index in [1.165, 1.54) is 69.8 Å². The summed E-state index contributed by atoms with van der Waals surface area (Å²) in [6, 6.07) is 9.96. The Morgan fingerprint density at radius 3 is 2.20 bits per heavy atom. The first-order valence-electron chi connectivity index (χ1n) is 18.5. The van der Waals surface area contributed by atoms with Crippen molar-refractivity contribution in [3.8, 4) is 11.4 Å². The predicted octanol–water partition coefficient (Wildman–Crippen LogP) is 6.76. The molecule has 2 N–H and O–H groups in total. The minimum atomic E-state index is -3.96. The van der Waals surface area contributed by atoms with E-state index in [0.717, 1.165) is 52.5 Å². The first kappa shape index (κ1) is 38.9. The molecule has 1 saturated carbocycles. The highest BCUT2D eigenvalue weighted by Crippen LogP contribution is 2.39. The van der Waals surface area contributed by atoms with Crippen LogP contribution in [0.15, 0.2) is 48.8 Å². The number of amides is 2. The molecule has 1 aromatic carbocycles. The summed E-state index contributed by atoms with van der Waals surface area (Å²) in [6.07, 6.45) is 14.7. The Balaban J connectivity index is 1.20. The molecule has 278 valence electrons. The van der Waals surface area contributed by atoms with E-state index in [4.69, 9.17) is 4.74 Å². The monoisotopic (exact) mass is 737 g/mol. The zero-order valence-electron chi connectivity index (χ0n) is 30.8. The topological polar surface area (TPSA) is 131 Å². The highest BCUT2D eigenvalue weighted by atomic mass is 32.2. The highest BCUT2D eigenvalue weighted by Gasteiger charge is 2.31. The van der Waals surface area contributed by atoms with Crippen molar-refractivity contribution >= 4 is 38.9 Å². The second-order valence-corrected chi connectivity index (χ2v) is 18.2. The van der Waals surface area contributed by atoms with Gasteiger partial charge in [0.2, 0.25) is 10.0 Å². The molecule has 1 unspecified atom stereocenters. The van der Waals surface area contributed by atoms with Crippen LogP contribution in [0, 0.1) is 17.8 Å². The third-order valence-electron chi connectivity index (χ3n) is 10.5. The van der Waals surface area contributed by atoms with E-state index in [1.54, 1.807) is 6.07 Å². The van der Waals surface area contributed by atoms with Gasteiger partial charge in [-0.1, -0.05) is 77.6 Å². The molecule has 1 saturated heterocycles. The first-order chi connectivity index (χ1) is 24.3. The normalized spacial score (nSPS) is 19.4. The Kier molecular flexibility index (Phi) is 13.3. The third-order valence-corrected chi connectivity index (χ3v) is 13.2. The van der Waals surface area contributed by atoms with Crippen molar-refractivity contribution in [3.63, 3.8) is 0 Å². The van der Waals surface area contributed by atoms with Crippen LogP contribution in [0.4, 0.5) is 5.69 Å².